The fourth-order valence-corrected chi connectivity index (χ4v) is 1.83. The van der Waals surface area contributed by atoms with Crippen LogP contribution in [0.1, 0.15) is 5.56 Å². The first kappa shape index (κ1) is 8.62. The van der Waals surface area contributed by atoms with Crippen LogP contribution in [0.3, 0.4) is 0 Å². The number of nitrogens with one attached hydrogen (secondary N) is 1. The fraction of sp³-hybridized carbons (Fsp3) is 0.125. The number of rotatable bonds is 0. The lowest BCUT2D eigenvalue weighted by Gasteiger charge is -2.03. The SMILES string of the molecule is O=C1Cc2c(F)c(F)cc(Br)c2N1. The van der Waals surface area contributed by atoms with Crippen molar-refractivity contribution in [3.63, 3.8) is 0 Å². The Balaban J connectivity index is 2.69. The van der Waals surface area contributed by atoms with Gasteiger partial charge in [-0.25, -0.2) is 8.78 Å². The van der Waals surface area contributed by atoms with Gasteiger partial charge in [0.2, 0.25) is 5.91 Å². The van der Waals surface area contributed by atoms with Crippen LogP contribution in [0.15, 0.2) is 10.5 Å². The molecule has 0 bridgehead atoms. The van der Waals surface area contributed by atoms with Gasteiger partial charge in [-0.2, -0.15) is 0 Å². The van der Waals surface area contributed by atoms with E-state index in [-0.39, 0.29) is 17.9 Å². The van der Waals surface area contributed by atoms with Gasteiger partial charge in [0.15, 0.2) is 11.6 Å². The molecule has 1 aromatic rings. The summed E-state index contributed by atoms with van der Waals surface area (Å²) in [5.41, 5.74) is 0.431. The lowest BCUT2D eigenvalue weighted by Crippen LogP contribution is -2.03. The van der Waals surface area contributed by atoms with Gasteiger partial charge in [-0.15, -0.1) is 0 Å². The van der Waals surface area contributed by atoms with E-state index in [4.69, 9.17) is 0 Å². The number of carbonyl (C=O) groups excluding carboxylic acids is 1. The van der Waals surface area contributed by atoms with Crippen molar-refractivity contribution in [3.8, 4) is 0 Å². The number of halogens is 3. The third-order valence-electron chi connectivity index (χ3n) is 1.87. The van der Waals surface area contributed by atoms with Gasteiger partial charge in [-0.3, -0.25) is 4.79 Å². The number of hydrogen-bond donors (Lipinski definition) is 1. The lowest BCUT2D eigenvalue weighted by molar-refractivity contribution is -0.115. The zero-order chi connectivity index (χ0) is 9.59. The van der Waals surface area contributed by atoms with Crippen molar-refractivity contribution in [2.45, 2.75) is 6.42 Å². The molecule has 0 aromatic heterocycles. The van der Waals surface area contributed by atoms with Gasteiger partial charge < -0.3 is 5.32 Å². The molecule has 0 radical (unpaired) electrons. The van der Waals surface area contributed by atoms with Gasteiger partial charge in [-0.1, -0.05) is 0 Å². The standard InChI is InChI=1S/C8H4BrF2NO/c9-4-2-5(10)7(11)3-1-6(13)12-8(3)4/h2H,1H2,(H,12,13). The molecule has 0 saturated heterocycles. The maximum atomic E-state index is 13.1. The van der Waals surface area contributed by atoms with E-state index in [2.05, 4.69) is 21.2 Å². The van der Waals surface area contributed by atoms with Gasteiger partial charge >= 0.3 is 0 Å². The van der Waals surface area contributed by atoms with Crippen molar-refractivity contribution >= 4 is 27.5 Å². The van der Waals surface area contributed by atoms with Gasteiger partial charge in [0.25, 0.3) is 0 Å². The van der Waals surface area contributed by atoms with Crippen molar-refractivity contribution in [1.29, 1.82) is 0 Å². The third kappa shape index (κ3) is 1.23. The minimum Gasteiger partial charge on any atom is -0.324 e. The van der Waals surface area contributed by atoms with Crippen molar-refractivity contribution in [1.82, 2.24) is 0 Å². The molecular formula is C8H4BrF2NO. The molecule has 1 N–H and O–H groups in total. The zero-order valence-corrected chi connectivity index (χ0v) is 7.91. The summed E-state index contributed by atoms with van der Waals surface area (Å²) >= 11 is 3.04. The minimum absolute atomic E-state index is 0.0943. The Bertz CT molecular complexity index is 406. The summed E-state index contributed by atoms with van der Waals surface area (Å²) in [6.07, 6.45) is -0.0997. The molecule has 5 heteroatoms. The van der Waals surface area contributed by atoms with Crippen molar-refractivity contribution in [2.24, 2.45) is 0 Å². The van der Waals surface area contributed by atoms with Crippen LogP contribution in [0.5, 0.6) is 0 Å². The molecule has 0 atom stereocenters. The largest absolute Gasteiger partial charge is 0.324 e. The molecular weight excluding hydrogens is 244 g/mol. The topological polar surface area (TPSA) is 29.1 Å². The highest BCUT2D eigenvalue weighted by atomic mass is 79.9. The highest BCUT2D eigenvalue weighted by molar-refractivity contribution is 9.10. The van der Waals surface area contributed by atoms with E-state index in [0.717, 1.165) is 6.07 Å². The monoisotopic (exact) mass is 247 g/mol. The first-order valence-electron chi connectivity index (χ1n) is 3.56. The Kier molecular flexibility index (Phi) is 1.83. The van der Waals surface area contributed by atoms with Crippen LogP contribution in [0.4, 0.5) is 14.5 Å². The fourth-order valence-electron chi connectivity index (χ4n) is 1.29. The highest BCUT2D eigenvalue weighted by Gasteiger charge is 2.26. The molecule has 0 spiro atoms. The second-order valence-corrected chi connectivity index (χ2v) is 3.59. The molecule has 0 unspecified atom stereocenters. The molecule has 13 heavy (non-hydrogen) atoms. The van der Waals surface area contributed by atoms with Gasteiger partial charge in [0.1, 0.15) is 0 Å². The molecule has 2 nitrogen and oxygen atoms in total. The molecule has 1 aliphatic rings. The molecule has 0 saturated carbocycles. The van der Waals surface area contributed by atoms with Crippen molar-refractivity contribution in [3.05, 3.63) is 27.7 Å². The Hall–Kier alpha value is -0.970. The first-order valence-corrected chi connectivity index (χ1v) is 4.35. The molecule has 0 aliphatic carbocycles. The van der Waals surface area contributed by atoms with Crippen LogP contribution in [-0.2, 0) is 11.2 Å². The normalized spacial score (nSPS) is 14.2. The van der Waals surface area contributed by atoms with Crippen LogP contribution in [0, 0.1) is 11.6 Å². The first-order chi connectivity index (χ1) is 6.09. The maximum Gasteiger partial charge on any atom is 0.229 e. The van der Waals surface area contributed by atoms with Crippen molar-refractivity contribution in [2.75, 3.05) is 5.32 Å². The number of benzene rings is 1. The Labute approximate surface area is 81.1 Å². The van der Waals surface area contributed by atoms with Crippen LogP contribution in [0.2, 0.25) is 0 Å². The molecule has 1 amide bonds. The summed E-state index contributed by atoms with van der Waals surface area (Å²) < 4.78 is 26.3. The number of amides is 1. The maximum absolute atomic E-state index is 13.1. The summed E-state index contributed by atoms with van der Waals surface area (Å²) in [6.45, 7) is 0. The van der Waals surface area contributed by atoms with Crippen LogP contribution >= 0.6 is 15.9 Å². The van der Waals surface area contributed by atoms with E-state index in [1.807, 2.05) is 0 Å². The molecule has 1 aromatic carbocycles. The average Bonchev–Trinajstić information content (AvgIpc) is 2.44. The number of hydrogen-bond acceptors (Lipinski definition) is 1. The summed E-state index contributed by atoms with van der Waals surface area (Å²) in [4.78, 5) is 10.9. The zero-order valence-electron chi connectivity index (χ0n) is 6.33. The molecule has 68 valence electrons. The smallest absolute Gasteiger partial charge is 0.229 e. The molecule has 2 rings (SSSR count). The lowest BCUT2D eigenvalue weighted by atomic mass is 10.1. The van der Waals surface area contributed by atoms with E-state index >= 15 is 0 Å². The Morgan fingerprint density at radius 2 is 2.15 bits per heavy atom. The van der Waals surface area contributed by atoms with Crippen LogP contribution in [0.25, 0.3) is 0 Å². The minimum atomic E-state index is -0.948. The third-order valence-corrected chi connectivity index (χ3v) is 2.50. The van der Waals surface area contributed by atoms with E-state index in [9.17, 15) is 13.6 Å². The Morgan fingerprint density at radius 1 is 1.46 bits per heavy atom. The van der Waals surface area contributed by atoms with E-state index in [0.29, 0.717) is 10.2 Å². The number of anilines is 1. The average molecular weight is 248 g/mol. The molecule has 1 aliphatic heterocycles. The van der Waals surface area contributed by atoms with Crippen LogP contribution in [-0.4, -0.2) is 5.91 Å². The Morgan fingerprint density at radius 3 is 2.85 bits per heavy atom. The summed E-state index contributed by atoms with van der Waals surface area (Å²) in [6, 6.07) is 1.000. The van der Waals surface area contributed by atoms with Crippen LogP contribution < -0.4 is 5.32 Å². The van der Waals surface area contributed by atoms with Gasteiger partial charge in [-0.05, 0) is 22.0 Å². The number of fused-ring (bicyclic) bond motifs is 1. The van der Waals surface area contributed by atoms with E-state index in [1.54, 1.807) is 0 Å². The number of carbonyl (C=O) groups is 1. The predicted molar refractivity (Wildman–Crippen MR) is 46.4 cm³/mol. The highest BCUT2D eigenvalue weighted by Crippen LogP contribution is 2.34. The van der Waals surface area contributed by atoms with E-state index < -0.39 is 11.6 Å². The molecule has 1 heterocycles. The summed E-state index contributed by atoms with van der Waals surface area (Å²) in [7, 11) is 0. The van der Waals surface area contributed by atoms with Gasteiger partial charge in [0.05, 0.1) is 12.1 Å². The second kappa shape index (κ2) is 2.77. The quantitative estimate of drug-likeness (QED) is 0.701. The predicted octanol–water partition coefficient (Wildman–Crippen LogP) is 2.22. The summed E-state index contributed by atoms with van der Waals surface area (Å²) in [5, 5.41) is 2.44. The van der Waals surface area contributed by atoms with Gasteiger partial charge in [0, 0.05) is 10.0 Å². The molecule has 0 fully saturated rings. The summed E-state index contributed by atoms with van der Waals surface area (Å²) in [5.74, 6) is -2.21. The second-order valence-electron chi connectivity index (χ2n) is 2.73. The van der Waals surface area contributed by atoms with Crippen molar-refractivity contribution < 1.29 is 13.6 Å². The van der Waals surface area contributed by atoms with E-state index in [1.165, 1.54) is 0 Å².